The number of amides is 1. The zero-order chi connectivity index (χ0) is 23.2. The third-order valence-electron chi connectivity index (χ3n) is 6.35. The van der Waals surface area contributed by atoms with Crippen LogP contribution in [0.4, 0.5) is 0 Å². The maximum Gasteiger partial charge on any atom is 0.224 e. The Bertz CT molecular complexity index is 1150. The van der Waals surface area contributed by atoms with Crippen molar-refractivity contribution in [3.63, 3.8) is 0 Å². The first-order chi connectivity index (χ1) is 16.0. The number of carbonyl (C=O) groups excluding carboxylic acids is 2. The number of nitrogens with two attached hydrogens (primary N) is 1. The van der Waals surface area contributed by atoms with Gasteiger partial charge in [-0.2, -0.15) is 0 Å². The van der Waals surface area contributed by atoms with E-state index in [1.165, 1.54) is 0 Å². The predicted molar refractivity (Wildman–Crippen MR) is 131 cm³/mol. The first-order valence-electron chi connectivity index (χ1n) is 11.4. The van der Waals surface area contributed by atoms with Gasteiger partial charge in [-0.1, -0.05) is 66.7 Å². The van der Waals surface area contributed by atoms with Gasteiger partial charge in [0, 0.05) is 24.4 Å². The maximum atomic E-state index is 13.2. The van der Waals surface area contributed by atoms with Gasteiger partial charge in [0.25, 0.3) is 0 Å². The molecule has 3 aromatic rings. The second-order valence-corrected chi connectivity index (χ2v) is 8.69. The number of hydrogen-bond acceptors (Lipinski definition) is 4. The van der Waals surface area contributed by atoms with Gasteiger partial charge in [0.05, 0.1) is 6.04 Å². The van der Waals surface area contributed by atoms with Crippen LogP contribution in [0.25, 0.3) is 10.8 Å². The standard InChI is InChI=1S/C27H30N4O2/c28-26(29)20-12-10-18(11-13-20)17-31-27(33)22(16-25(32)24-9-4-14-30-24)15-21-7-3-6-19-5-1-2-8-23(19)21/h1-3,5-8,10-13,22,24,30H,4,9,14-17H2,(H3,28,29)(H,31,33)/t22-,24-/m1/s1. The molecule has 6 nitrogen and oxygen atoms in total. The second kappa shape index (κ2) is 10.4. The lowest BCUT2D eigenvalue weighted by Crippen LogP contribution is -2.37. The van der Waals surface area contributed by atoms with Crippen LogP contribution >= 0.6 is 0 Å². The number of benzene rings is 3. The molecule has 33 heavy (non-hydrogen) atoms. The molecule has 0 saturated carbocycles. The summed E-state index contributed by atoms with van der Waals surface area (Å²) in [5.41, 5.74) is 8.15. The molecule has 170 valence electrons. The van der Waals surface area contributed by atoms with Gasteiger partial charge in [-0.15, -0.1) is 0 Å². The molecule has 0 bridgehead atoms. The predicted octanol–water partition coefficient (Wildman–Crippen LogP) is 3.31. The highest BCUT2D eigenvalue weighted by atomic mass is 16.2. The summed E-state index contributed by atoms with van der Waals surface area (Å²) >= 11 is 0. The smallest absolute Gasteiger partial charge is 0.224 e. The van der Waals surface area contributed by atoms with Gasteiger partial charge in [-0.25, -0.2) is 0 Å². The van der Waals surface area contributed by atoms with E-state index in [2.05, 4.69) is 28.8 Å². The normalized spacial score (nSPS) is 16.4. The molecule has 0 aromatic heterocycles. The number of nitrogen functional groups attached to an aromatic ring is 1. The Labute approximate surface area is 194 Å². The van der Waals surface area contributed by atoms with Crippen LogP contribution in [0.2, 0.25) is 0 Å². The quantitative estimate of drug-likeness (QED) is 0.301. The zero-order valence-corrected chi connectivity index (χ0v) is 18.6. The summed E-state index contributed by atoms with van der Waals surface area (Å²) in [7, 11) is 0. The summed E-state index contributed by atoms with van der Waals surface area (Å²) in [6.45, 7) is 1.21. The van der Waals surface area contributed by atoms with Crippen molar-refractivity contribution in [1.29, 1.82) is 5.41 Å². The first-order valence-corrected chi connectivity index (χ1v) is 11.4. The van der Waals surface area contributed by atoms with Gasteiger partial charge in [0.2, 0.25) is 5.91 Å². The minimum absolute atomic E-state index is 0.0137. The number of amidine groups is 1. The fourth-order valence-corrected chi connectivity index (χ4v) is 4.47. The molecule has 1 amide bonds. The van der Waals surface area contributed by atoms with Crippen molar-refractivity contribution in [3.05, 3.63) is 83.4 Å². The van der Waals surface area contributed by atoms with Gasteiger partial charge >= 0.3 is 0 Å². The minimum Gasteiger partial charge on any atom is -0.384 e. The van der Waals surface area contributed by atoms with E-state index in [0.29, 0.717) is 18.5 Å². The number of ketones is 1. The molecule has 2 atom stereocenters. The second-order valence-electron chi connectivity index (χ2n) is 8.69. The highest BCUT2D eigenvalue weighted by Crippen LogP contribution is 2.24. The fourth-order valence-electron chi connectivity index (χ4n) is 4.47. The van der Waals surface area contributed by atoms with Crippen LogP contribution in [0.1, 0.15) is 36.0 Å². The van der Waals surface area contributed by atoms with Crippen LogP contribution in [0.3, 0.4) is 0 Å². The van der Waals surface area contributed by atoms with E-state index < -0.39 is 5.92 Å². The Balaban J connectivity index is 1.50. The van der Waals surface area contributed by atoms with Crippen LogP contribution in [-0.4, -0.2) is 30.1 Å². The summed E-state index contributed by atoms with van der Waals surface area (Å²) in [5.74, 6) is -0.439. The molecule has 0 unspecified atom stereocenters. The number of hydrogen-bond donors (Lipinski definition) is 4. The van der Waals surface area contributed by atoms with E-state index in [4.69, 9.17) is 11.1 Å². The van der Waals surface area contributed by atoms with E-state index in [-0.39, 0.29) is 30.0 Å². The lowest BCUT2D eigenvalue weighted by atomic mass is 9.89. The Morgan fingerprint density at radius 3 is 2.55 bits per heavy atom. The summed E-state index contributed by atoms with van der Waals surface area (Å²) in [5, 5.41) is 16.0. The average Bonchev–Trinajstić information content (AvgIpc) is 3.38. The number of carbonyl (C=O) groups is 2. The third kappa shape index (κ3) is 5.65. The van der Waals surface area contributed by atoms with Crippen molar-refractivity contribution in [3.8, 4) is 0 Å². The molecule has 6 heteroatoms. The van der Waals surface area contributed by atoms with Crippen molar-refractivity contribution in [2.45, 2.75) is 38.3 Å². The van der Waals surface area contributed by atoms with E-state index in [1.807, 2.05) is 36.4 Å². The SMILES string of the molecule is N=C(N)c1ccc(CNC(=O)[C@@H](CC(=O)[C@H]2CCCN2)Cc2cccc3ccccc23)cc1. The van der Waals surface area contributed by atoms with Gasteiger partial charge in [-0.3, -0.25) is 15.0 Å². The average molecular weight is 443 g/mol. The highest BCUT2D eigenvalue weighted by molar-refractivity contribution is 5.95. The molecule has 3 aromatic carbocycles. The van der Waals surface area contributed by atoms with Gasteiger partial charge in [0.15, 0.2) is 5.78 Å². The lowest BCUT2D eigenvalue weighted by molar-refractivity contribution is -0.130. The molecule has 0 radical (unpaired) electrons. The summed E-state index contributed by atoms with van der Waals surface area (Å²) in [6, 6.07) is 21.3. The van der Waals surface area contributed by atoms with Crippen LogP contribution in [0.5, 0.6) is 0 Å². The molecule has 1 aliphatic rings. The van der Waals surface area contributed by atoms with Crippen molar-refractivity contribution in [2.24, 2.45) is 11.7 Å². The molecule has 1 fully saturated rings. The van der Waals surface area contributed by atoms with Crippen LogP contribution in [-0.2, 0) is 22.6 Å². The molecule has 1 saturated heterocycles. The van der Waals surface area contributed by atoms with Crippen LogP contribution in [0, 0.1) is 11.3 Å². The summed E-state index contributed by atoms with van der Waals surface area (Å²) < 4.78 is 0. The minimum atomic E-state index is -0.442. The van der Waals surface area contributed by atoms with E-state index >= 15 is 0 Å². The molecule has 0 spiro atoms. The summed E-state index contributed by atoms with van der Waals surface area (Å²) in [6.07, 6.45) is 2.56. The molecule has 1 aliphatic heterocycles. The van der Waals surface area contributed by atoms with Gasteiger partial charge < -0.3 is 16.4 Å². The number of fused-ring (bicyclic) bond motifs is 1. The lowest BCUT2D eigenvalue weighted by Gasteiger charge is -2.19. The topological polar surface area (TPSA) is 108 Å². The number of rotatable bonds is 9. The van der Waals surface area contributed by atoms with Crippen molar-refractivity contribution >= 4 is 28.3 Å². The number of nitrogens with one attached hydrogen (secondary N) is 3. The monoisotopic (exact) mass is 442 g/mol. The Morgan fingerprint density at radius 1 is 1.06 bits per heavy atom. The van der Waals surface area contributed by atoms with Gasteiger partial charge in [0.1, 0.15) is 5.84 Å². The molecule has 1 heterocycles. The Kier molecular flexibility index (Phi) is 7.15. The van der Waals surface area contributed by atoms with E-state index in [9.17, 15) is 9.59 Å². The number of Topliss-reactive ketones (excluding diaryl/α,β-unsaturated/α-hetero) is 1. The third-order valence-corrected chi connectivity index (χ3v) is 6.35. The fraction of sp³-hybridized carbons (Fsp3) is 0.296. The Morgan fingerprint density at radius 2 is 1.82 bits per heavy atom. The molecular formula is C27H30N4O2. The molecule has 4 rings (SSSR count). The van der Waals surface area contributed by atoms with Crippen molar-refractivity contribution < 1.29 is 9.59 Å². The van der Waals surface area contributed by atoms with Crippen molar-refractivity contribution in [2.75, 3.05) is 6.54 Å². The highest BCUT2D eigenvalue weighted by Gasteiger charge is 2.28. The zero-order valence-electron chi connectivity index (χ0n) is 18.6. The van der Waals surface area contributed by atoms with Crippen LogP contribution in [0.15, 0.2) is 66.7 Å². The largest absolute Gasteiger partial charge is 0.384 e. The van der Waals surface area contributed by atoms with Gasteiger partial charge in [-0.05, 0) is 47.7 Å². The first kappa shape index (κ1) is 22.7. The Hall–Kier alpha value is -3.51. The van der Waals surface area contributed by atoms with E-state index in [1.54, 1.807) is 12.1 Å². The maximum absolute atomic E-state index is 13.2. The molecule has 0 aliphatic carbocycles. The van der Waals surface area contributed by atoms with Crippen molar-refractivity contribution in [1.82, 2.24) is 10.6 Å². The summed E-state index contributed by atoms with van der Waals surface area (Å²) in [4.78, 5) is 26.2. The molecular weight excluding hydrogens is 412 g/mol. The molecule has 5 N–H and O–H groups in total. The van der Waals surface area contributed by atoms with Crippen LogP contribution < -0.4 is 16.4 Å². The van der Waals surface area contributed by atoms with E-state index in [0.717, 1.165) is 41.3 Å².